The van der Waals surface area contributed by atoms with Gasteiger partial charge in [0.25, 0.3) is 5.91 Å². The highest BCUT2D eigenvalue weighted by atomic mass is 19.1. The lowest BCUT2D eigenvalue weighted by Gasteiger charge is -2.26. The number of carbonyl (C=O) groups is 1. The molecule has 0 radical (unpaired) electrons. The second-order valence-corrected chi connectivity index (χ2v) is 5.81. The van der Waals surface area contributed by atoms with Gasteiger partial charge in [-0.2, -0.15) is 4.39 Å². The van der Waals surface area contributed by atoms with Crippen LogP contribution in [-0.2, 0) is 0 Å². The Labute approximate surface area is 139 Å². The van der Waals surface area contributed by atoms with Crippen LogP contribution in [0.15, 0.2) is 42.9 Å². The summed E-state index contributed by atoms with van der Waals surface area (Å²) in [6, 6.07) is 7.09. The number of hydrogen-bond acceptors (Lipinski definition) is 3. The zero-order chi connectivity index (χ0) is 17.3. The Hall–Kier alpha value is -2.76. The maximum absolute atomic E-state index is 14.6. The van der Waals surface area contributed by atoms with Gasteiger partial charge in [-0.3, -0.25) is 14.2 Å². The van der Waals surface area contributed by atoms with Gasteiger partial charge in [0.1, 0.15) is 5.65 Å². The summed E-state index contributed by atoms with van der Waals surface area (Å²) < 4.78 is 15.9. The third-order valence-corrected chi connectivity index (χ3v) is 4.15. The highest BCUT2D eigenvalue weighted by Gasteiger charge is 2.27. The van der Waals surface area contributed by atoms with Crippen LogP contribution in [0.1, 0.15) is 41.0 Å². The van der Waals surface area contributed by atoms with E-state index >= 15 is 0 Å². The minimum absolute atomic E-state index is 0.162. The van der Waals surface area contributed by atoms with Crippen molar-refractivity contribution in [1.29, 1.82) is 0 Å². The Morgan fingerprint density at radius 3 is 2.83 bits per heavy atom. The zero-order valence-electron chi connectivity index (χ0n) is 13.9. The van der Waals surface area contributed by atoms with E-state index in [-0.39, 0.29) is 11.7 Å². The molecule has 3 aromatic rings. The molecule has 3 rings (SSSR count). The molecule has 5 nitrogen and oxygen atoms in total. The Balaban J connectivity index is 1.97. The fraction of sp³-hybridized carbons (Fsp3) is 0.278. The van der Waals surface area contributed by atoms with Gasteiger partial charge in [0.05, 0.1) is 6.04 Å². The Kier molecular flexibility index (Phi) is 4.29. The molecule has 0 fully saturated rings. The third-order valence-electron chi connectivity index (χ3n) is 4.15. The molecule has 0 aliphatic carbocycles. The molecular weight excluding hydrogens is 307 g/mol. The summed E-state index contributed by atoms with van der Waals surface area (Å²) in [5.74, 6) is -1.07. The van der Waals surface area contributed by atoms with Crippen molar-refractivity contribution in [3.05, 3.63) is 65.6 Å². The number of nitrogens with zero attached hydrogens (tertiary/aromatic N) is 4. The van der Waals surface area contributed by atoms with E-state index in [0.717, 1.165) is 11.1 Å². The molecular formula is C18H19FN4O. The molecule has 1 amide bonds. The highest BCUT2D eigenvalue weighted by molar-refractivity contribution is 5.93. The third kappa shape index (κ3) is 2.75. The molecule has 0 aliphatic rings. The van der Waals surface area contributed by atoms with Crippen molar-refractivity contribution in [2.24, 2.45) is 0 Å². The largest absolute Gasteiger partial charge is 0.333 e. The van der Waals surface area contributed by atoms with Crippen LogP contribution >= 0.6 is 0 Å². The first-order chi connectivity index (χ1) is 11.5. The first-order valence-corrected chi connectivity index (χ1v) is 7.84. The molecule has 1 atom stereocenters. The molecule has 6 heteroatoms. The van der Waals surface area contributed by atoms with E-state index in [9.17, 15) is 9.18 Å². The van der Waals surface area contributed by atoms with Crippen LogP contribution in [0.25, 0.3) is 5.65 Å². The Morgan fingerprint density at radius 1 is 1.38 bits per heavy atom. The smallest absolute Gasteiger partial charge is 0.277 e. The molecule has 124 valence electrons. The monoisotopic (exact) mass is 326 g/mol. The summed E-state index contributed by atoms with van der Waals surface area (Å²) in [6.07, 6.45) is 5.73. The predicted molar refractivity (Wildman–Crippen MR) is 89.2 cm³/mol. The number of amides is 1. The van der Waals surface area contributed by atoms with Crippen molar-refractivity contribution in [3.63, 3.8) is 0 Å². The zero-order valence-corrected chi connectivity index (χ0v) is 13.9. The summed E-state index contributed by atoms with van der Waals surface area (Å²) in [5.41, 5.74) is 2.07. The number of aromatic nitrogens is 3. The average molecular weight is 326 g/mol. The van der Waals surface area contributed by atoms with Crippen LogP contribution in [-0.4, -0.2) is 32.2 Å². The number of carbonyl (C=O) groups excluding carboxylic acids is 1. The molecule has 3 aromatic heterocycles. The summed E-state index contributed by atoms with van der Waals surface area (Å²) in [6.45, 7) is 3.84. The summed E-state index contributed by atoms with van der Waals surface area (Å²) in [5, 5.41) is 0. The minimum Gasteiger partial charge on any atom is -0.333 e. The summed E-state index contributed by atoms with van der Waals surface area (Å²) >= 11 is 0. The van der Waals surface area contributed by atoms with Crippen LogP contribution in [0, 0.1) is 12.9 Å². The van der Waals surface area contributed by atoms with Gasteiger partial charge in [0.15, 0.2) is 5.69 Å². The fourth-order valence-electron chi connectivity index (χ4n) is 2.87. The fourth-order valence-corrected chi connectivity index (χ4v) is 2.87. The molecule has 1 unspecified atom stereocenters. The second-order valence-electron chi connectivity index (χ2n) is 5.81. The standard InChI is InChI=1S/C18H19FN4O/c1-4-14(13-6-5-9-20-10-13)22(3)18(24)16-17(19)23-11-12(2)7-8-15(23)21-16/h5-11,14H,4H2,1-3H3. The maximum Gasteiger partial charge on any atom is 0.277 e. The van der Waals surface area contributed by atoms with E-state index in [1.54, 1.807) is 31.7 Å². The van der Waals surface area contributed by atoms with E-state index in [0.29, 0.717) is 12.1 Å². The van der Waals surface area contributed by atoms with Gasteiger partial charge in [-0.05, 0) is 36.6 Å². The van der Waals surface area contributed by atoms with Crippen molar-refractivity contribution in [2.75, 3.05) is 7.05 Å². The van der Waals surface area contributed by atoms with Crippen molar-refractivity contribution in [2.45, 2.75) is 26.3 Å². The van der Waals surface area contributed by atoms with E-state index in [4.69, 9.17) is 0 Å². The van der Waals surface area contributed by atoms with Crippen LogP contribution in [0.2, 0.25) is 0 Å². The minimum atomic E-state index is -0.633. The molecule has 0 aliphatic heterocycles. The quantitative estimate of drug-likeness (QED) is 0.738. The van der Waals surface area contributed by atoms with Crippen LogP contribution in [0.4, 0.5) is 4.39 Å². The number of hydrogen-bond donors (Lipinski definition) is 0. The first-order valence-electron chi connectivity index (χ1n) is 7.84. The van der Waals surface area contributed by atoms with Gasteiger partial charge in [-0.25, -0.2) is 4.98 Å². The average Bonchev–Trinajstić information content (AvgIpc) is 2.92. The van der Waals surface area contributed by atoms with Crippen molar-refractivity contribution < 1.29 is 9.18 Å². The lowest BCUT2D eigenvalue weighted by molar-refractivity contribution is 0.0715. The van der Waals surface area contributed by atoms with Gasteiger partial charge >= 0.3 is 0 Å². The van der Waals surface area contributed by atoms with Crippen LogP contribution in [0.3, 0.4) is 0 Å². The Bertz CT molecular complexity index is 875. The molecule has 24 heavy (non-hydrogen) atoms. The maximum atomic E-state index is 14.6. The number of rotatable bonds is 4. The molecule has 0 bridgehead atoms. The van der Waals surface area contributed by atoms with E-state index in [1.165, 1.54) is 9.30 Å². The summed E-state index contributed by atoms with van der Waals surface area (Å²) in [7, 11) is 1.66. The highest BCUT2D eigenvalue weighted by Crippen LogP contribution is 2.24. The number of imidazole rings is 1. The molecule has 3 heterocycles. The number of aryl methyl sites for hydroxylation is 1. The van der Waals surface area contributed by atoms with Gasteiger partial charge < -0.3 is 4.90 Å². The lowest BCUT2D eigenvalue weighted by Crippen LogP contribution is -2.32. The lowest BCUT2D eigenvalue weighted by atomic mass is 10.1. The van der Waals surface area contributed by atoms with Crippen molar-refractivity contribution in [3.8, 4) is 0 Å². The number of pyridine rings is 2. The van der Waals surface area contributed by atoms with Gasteiger partial charge in [0, 0.05) is 25.6 Å². The normalized spacial score (nSPS) is 12.3. The van der Waals surface area contributed by atoms with Crippen molar-refractivity contribution >= 4 is 11.6 Å². The van der Waals surface area contributed by atoms with E-state index < -0.39 is 11.9 Å². The van der Waals surface area contributed by atoms with Crippen LogP contribution < -0.4 is 0 Å². The summed E-state index contributed by atoms with van der Waals surface area (Å²) in [4.78, 5) is 22.6. The van der Waals surface area contributed by atoms with E-state index in [2.05, 4.69) is 9.97 Å². The topological polar surface area (TPSA) is 50.5 Å². The molecule has 0 saturated heterocycles. The van der Waals surface area contributed by atoms with Gasteiger partial charge in [-0.15, -0.1) is 0 Å². The molecule has 0 aromatic carbocycles. The van der Waals surface area contributed by atoms with Crippen LogP contribution in [0.5, 0.6) is 0 Å². The van der Waals surface area contributed by atoms with Gasteiger partial charge in [0.2, 0.25) is 5.95 Å². The van der Waals surface area contributed by atoms with Crippen molar-refractivity contribution in [1.82, 2.24) is 19.3 Å². The SMILES string of the molecule is CCC(c1cccnc1)N(C)C(=O)c1nc2ccc(C)cn2c1F. The number of halogens is 1. The number of fused-ring (bicyclic) bond motifs is 1. The second kappa shape index (κ2) is 6.39. The molecule has 0 N–H and O–H groups in total. The van der Waals surface area contributed by atoms with E-state index in [1.807, 2.05) is 32.0 Å². The molecule has 0 spiro atoms. The predicted octanol–water partition coefficient (Wildman–Crippen LogP) is 3.40. The molecule has 0 saturated carbocycles. The Morgan fingerprint density at radius 2 is 2.17 bits per heavy atom. The van der Waals surface area contributed by atoms with Gasteiger partial charge in [-0.1, -0.05) is 19.1 Å². The first kappa shape index (κ1) is 16.1.